The average Bonchev–Trinajstić information content (AvgIpc) is 2.03. The van der Waals surface area contributed by atoms with Crippen molar-refractivity contribution in [3.63, 3.8) is 0 Å². The van der Waals surface area contributed by atoms with E-state index >= 15 is 0 Å². The van der Waals surface area contributed by atoms with Crippen LogP contribution in [0.2, 0.25) is 0 Å². The minimum absolute atomic E-state index is 0.0674. The number of hydrogen-bond donors (Lipinski definition) is 1. The third-order valence-electron chi connectivity index (χ3n) is 3.11. The van der Waals surface area contributed by atoms with Gasteiger partial charge in [-0.2, -0.15) is 0 Å². The van der Waals surface area contributed by atoms with E-state index in [0.29, 0.717) is 11.8 Å². The molecule has 2 nitrogen and oxygen atoms in total. The molecule has 0 spiro atoms. The molecule has 0 aromatic heterocycles. The second kappa shape index (κ2) is 5.72. The molecule has 2 unspecified atom stereocenters. The summed E-state index contributed by atoms with van der Waals surface area (Å²) in [4.78, 5) is 0. The first kappa shape index (κ1) is 13.9. The van der Waals surface area contributed by atoms with E-state index in [1.54, 1.807) is 7.11 Å². The molecule has 2 heteroatoms. The topological polar surface area (TPSA) is 29.5 Å². The van der Waals surface area contributed by atoms with Crippen molar-refractivity contribution in [2.24, 2.45) is 11.8 Å². The molecule has 0 bridgehead atoms. The first-order valence-electron chi connectivity index (χ1n) is 5.53. The van der Waals surface area contributed by atoms with Crippen LogP contribution in [-0.4, -0.2) is 23.9 Å². The van der Waals surface area contributed by atoms with E-state index < -0.39 is 0 Å². The third kappa shape index (κ3) is 4.97. The van der Waals surface area contributed by atoms with Crippen LogP contribution in [0.15, 0.2) is 0 Å². The standard InChI is InChI=1S/C12H26O2/c1-9(2)11(10(3)13)7-8-12(4,5)14-6/h9-11,13H,7-8H2,1-6H3. The first-order chi connectivity index (χ1) is 6.30. The maximum absolute atomic E-state index is 9.61. The van der Waals surface area contributed by atoms with E-state index in [-0.39, 0.29) is 11.7 Å². The lowest BCUT2D eigenvalue weighted by molar-refractivity contribution is -0.000610. The molecule has 0 aliphatic carbocycles. The molecule has 86 valence electrons. The van der Waals surface area contributed by atoms with E-state index in [1.165, 1.54) is 0 Å². The summed E-state index contributed by atoms with van der Waals surface area (Å²) < 4.78 is 5.37. The van der Waals surface area contributed by atoms with Gasteiger partial charge in [-0.1, -0.05) is 13.8 Å². The molecule has 14 heavy (non-hydrogen) atoms. The molecule has 1 N–H and O–H groups in total. The monoisotopic (exact) mass is 202 g/mol. The Morgan fingerprint density at radius 3 is 2.00 bits per heavy atom. The zero-order valence-corrected chi connectivity index (χ0v) is 10.5. The van der Waals surface area contributed by atoms with Crippen molar-refractivity contribution in [3.8, 4) is 0 Å². The van der Waals surface area contributed by atoms with E-state index in [9.17, 15) is 5.11 Å². The molecule has 0 rings (SSSR count). The fraction of sp³-hybridized carbons (Fsp3) is 1.00. The van der Waals surface area contributed by atoms with E-state index in [2.05, 4.69) is 27.7 Å². The highest BCUT2D eigenvalue weighted by Gasteiger charge is 2.23. The molecule has 0 aliphatic rings. The van der Waals surface area contributed by atoms with Crippen molar-refractivity contribution < 1.29 is 9.84 Å². The van der Waals surface area contributed by atoms with Crippen LogP contribution in [0.5, 0.6) is 0 Å². The van der Waals surface area contributed by atoms with Crippen LogP contribution in [0.4, 0.5) is 0 Å². The molecule has 0 saturated heterocycles. The fourth-order valence-corrected chi connectivity index (χ4v) is 1.75. The maximum Gasteiger partial charge on any atom is 0.0622 e. The Kier molecular flexibility index (Phi) is 5.68. The van der Waals surface area contributed by atoms with Crippen LogP contribution in [0.1, 0.15) is 47.5 Å². The van der Waals surface area contributed by atoms with Crippen LogP contribution < -0.4 is 0 Å². The largest absolute Gasteiger partial charge is 0.393 e. The van der Waals surface area contributed by atoms with Crippen LogP contribution in [0, 0.1) is 11.8 Å². The van der Waals surface area contributed by atoms with Gasteiger partial charge in [0.1, 0.15) is 0 Å². The van der Waals surface area contributed by atoms with Crippen molar-refractivity contribution >= 4 is 0 Å². The first-order valence-corrected chi connectivity index (χ1v) is 5.53. The van der Waals surface area contributed by atoms with Gasteiger partial charge in [0.15, 0.2) is 0 Å². The maximum atomic E-state index is 9.61. The summed E-state index contributed by atoms with van der Waals surface area (Å²) in [6, 6.07) is 0. The minimum atomic E-state index is -0.220. The Balaban J connectivity index is 4.07. The van der Waals surface area contributed by atoms with Gasteiger partial charge < -0.3 is 9.84 Å². The van der Waals surface area contributed by atoms with Crippen LogP contribution in [0.25, 0.3) is 0 Å². The number of ether oxygens (including phenoxy) is 1. The zero-order valence-electron chi connectivity index (χ0n) is 10.5. The minimum Gasteiger partial charge on any atom is -0.393 e. The highest BCUT2D eigenvalue weighted by Crippen LogP contribution is 2.26. The summed E-state index contributed by atoms with van der Waals surface area (Å²) in [7, 11) is 1.74. The molecule has 0 radical (unpaired) electrons. The Morgan fingerprint density at radius 1 is 1.21 bits per heavy atom. The average molecular weight is 202 g/mol. The van der Waals surface area contributed by atoms with Crippen molar-refractivity contribution in [2.45, 2.75) is 59.2 Å². The second-order valence-corrected chi connectivity index (χ2v) is 5.15. The summed E-state index contributed by atoms with van der Waals surface area (Å²) in [5.74, 6) is 0.909. The van der Waals surface area contributed by atoms with Gasteiger partial charge in [0.25, 0.3) is 0 Å². The summed E-state index contributed by atoms with van der Waals surface area (Å²) in [5.41, 5.74) is -0.0674. The summed E-state index contributed by atoms with van der Waals surface area (Å²) in [5, 5.41) is 9.61. The number of methoxy groups -OCH3 is 1. The molecule has 0 amide bonds. The third-order valence-corrected chi connectivity index (χ3v) is 3.11. The van der Waals surface area contributed by atoms with Gasteiger partial charge in [-0.25, -0.2) is 0 Å². The predicted octanol–water partition coefficient (Wildman–Crippen LogP) is 2.84. The van der Waals surface area contributed by atoms with Gasteiger partial charge in [0, 0.05) is 7.11 Å². The predicted molar refractivity (Wildman–Crippen MR) is 60.3 cm³/mol. The molecular formula is C12H26O2. The number of hydrogen-bond acceptors (Lipinski definition) is 2. The Bertz CT molecular complexity index is 142. The molecule has 0 saturated carbocycles. The highest BCUT2D eigenvalue weighted by atomic mass is 16.5. The summed E-state index contributed by atoms with van der Waals surface area (Å²) in [6.07, 6.45) is 1.80. The van der Waals surface area contributed by atoms with Crippen LogP contribution >= 0.6 is 0 Å². The molecule has 0 aromatic carbocycles. The zero-order chi connectivity index (χ0) is 11.4. The Hall–Kier alpha value is -0.0800. The SMILES string of the molecule is COC(C)(C)CCC(C(C)C)C(C)O. The second-order valence-electron chi connectivity index (χ2n) is 5.15. The van der Waals surface area contributed by atoms with Gasteiger partial charge in [0.2, 0.25) is 0 Å². The smallest absolute Gasteiger partial charge is 0.0622 e. The van der Waals surface area contributed by atoms with Gasteiger partial charge in [-0.3, -0.25) is 0 Å². The quantitative estimate of drug-likeness (QED) is 0.717. The van der Waals surface area contributed by atoms with Gasteiger partial charge in [-0.15, -0.1) is 0 Å². The molecule has 0 aliphatic heterocycles. The Morgan fingerprint density at radius 2 is 1.71 bits per heavy atom. The molecular weight excluding hydrogens is 176 g/mol. The fourth-order valence-electron chi connectivity index (χ4n) is 1.75. The Labute approximate surface area is 88.7 Å². The molecule has 0 heterocycles. The summed E-state index contributed by atoms with van der Waals surface area (Å²) in [6.45, 7) is 10.4. The van der Waals surface area contributed by atoms with Gasteiger partial charge >= 0.3 is 0 Å². The molecule has 0 aromatic rings. The number of aliphatic hydroxyl groups excluding tert-OH is 1. The van der Waals surface area contributed by atoms with Crippen molar-refractivity contribution in [1.29, 1.82) is 0 Å². The molecule has 0 fully saturated rings. The number of rotatable bonds is 6. The van der Waals surface area contributed by atoms with Gasteiger partial charge in [0.05, 0.1) is 11.7 Å². The van der Waals surface area contributed by atoms with Crippen LogP contribution in [0.3, 0.4) is 0 Å². The van der Waals surface area contributed by atoms with Crippen LogP contribution in [-0.2, 0) is 4.74 Å². The van der Waals surface area contributed by atoms with E-state index in [1.807, 2.05) is 6.92 Å². The lowest BCUT2D eigenvalue weighted by Gasteiger charge is -2.29. The van der Waals surface area contributed by atoms with E-state index in [0.717, 1.165) is 12.8 Å². The van der Waals surface area contributed by atoms with Crippen molar-refractivity contribution in [1.82, 2.24) is 0 Å². The van der Waals surface area contributed by atoms with Gasteiger partial charge in [-0.05, 0) is 45.4 Å². The highest BCUT2D eigenvalue weighted by molar-refractivity contribution is 4.75. The van der Waals surface area contributed by atoms with Crippen molar-refractivity contribution in [3.05, 3.63) is 0 Å². The molecule has 2 atom stereocenters. The van der Waals surface area contributed by atoms with E-state index in [4.69, 9.17) is 4.74 Å². The lowest BCUT2D eigenvalue weighted by atomic mass is 9.84. The normalized spacial score (nSPS) is 17.1. The lowest BCUT2D eigenvalue weighted by Crippen LogP contribution is -2.28. The van der Waals surface area contributed by atoms with Crippen molar-refractivity contribution in [2.75, 3.05) is 7.11 Å². The number of aliphatic hydroxyl groups is 1. The summed E-state index contributed by atoms with van der Waals surface area (Å²) >= 11 is 0.